The van der Waals surface area contributed by atoms with Crippen molar-refractivity contribution < 1.29 is 10.0 Å². The molecule has 1 aromatic rings. The standard InChI is InChI=1S/C13H15Cl2N3O2/c14-8-4-3-5-9(15)10(8)11(19)17-13(12(16)18-20)6-1-2-7-13/h3-5,20H,1-2,6-7H2,(H2,16,18)(H,17,19). The summed E-state index contributed by atoms with van der Waals surface area (Å²) in [6.45, 7) is 0. The topological polar surface area (TPSA) is 87.7 Å². The number of carbonyl (C=O) groups excluding carboxylic acids is 1. The molecule has 0 radical (unpaired) electrons. The van der Waals surface area contributed by atoms with Crippen LogP contribution in [0.25, 0.3) is 0 Å². The highest BCUT2D eigenvalue weighted by atomic mass is 35.5. The molecule has 0 unspecified atom stereocenters. The Morgan fingerprint density at radius 1 is 1.30 bits per heavy atom. The molecule has 0 spiro atoms. The second kappa shape index (κ2) is 5.89. The summed E-state index contributed by atoms with van der Waals surface area (Å²) in [6, 6.07) is 4.84. The van der Waals surface area contributed by atoms with Crippen molar-refractivity contribution in [2.45, 2.75) is 31.2 Å². The number of halogens is 2. The molecule has 0 heterocycles. The summed E-state index contributed by atoms with van der Waals surface area (Å²) in [7, 11) is 0. The average molecular weight is 316 g/mol. The number of amides is 1. The Morgan fingerprint density at radius 3 is 2.35 bits per heavy atom. The maximum Gasteiger partial charge on any atom is 0.255 e. The fraction of sp³-hybridized carbons (Fsp3) is 0.385. The first-order valence-electron chi connectivity index (χ1n) is 6.25. The van der Waals surface area contributed by atoms with E-state index in [2.05, 4.69) is 10.5 Å². The lowest BCUT2D eigenvalue weighted by atomic mass is 9.95. The molecule has 1 aromatic carbocycles. The number of rotatable bonds is 3. The van der Waals surface area contributed by atoms with E-state index in [1.807, 2.05) is 0 Å². The Hall–Kier alpha value is -1.46. The predicted octanol–water partition coefficient (Wildman–Crippen LogP) is 2.78. The van der Waals surface area contributed by atoms with Gasteiger partial charge in [-0.15, -0.1) is 0 Å². The number of carbonyl (C=O) groups is 1. The SMILES string of the molecule is N/C(=N/O)C1(NC(=O)c2c(Cl)cccc2Cl)CCCC1. The smallest absolute Gasteiger partial charge is 0.255 e. The van der Waals surface area contributed by atoms with Crippen LogP contribution in [0.3, 0.4) is 0 Å². The first-order valence-corrected chi connectivity index (χ1v) is 7.00. The number of nitrogens with one attached hydrogen (secondary N) is 1. The van der Waals surface area contributed by atoms with Crippen molar-refractivity contribution in [1.29, 1.82) is 0 Å². The summed E-state index contributed by atoms with van der Waals surface area (Å²) in [5, 5.41) is 15.3. The molecular formula is C13H15Cl2N3O2. The van der Waals surface area contributed by atoms with Gasteiger partial charge in [-0.3, -0.25) is 4.79 Å². The Kier molecular flexibility index (Phi) is 4.40. The molecule has 7 heteroatoms. The van der Waals surface area contributed by atoms with Crippen molar-refractivity contribution in [3.05, 3.63) is 33.8 Å². The minimum atomic E-state index is -0.825. The summed E-state index contributed by atoms with van der Waals surface area (Å²) in [5.74, 6) is -0.416. The van der Waals surface area contributed by atoms with Gasteiger partial charge in [0.05, 0.1) is 15.6 Å². The zero-order valence-electron chi connectivity index (χ0n) is 10.7. The molecule has 20 heavy (non-hydrogen) atoms. The molecule has 0 atom stereocenters. The lowest BCUT2D eigenvalue weighted by Gasteiger charge is -2.29. The van der Waals surface area contributed by atoms with E-state index in [4.69, 9.17) is 34.1 Å². The van der Waals surface area contributed by atoms with E-state index in [9.17, 15) is 4.79 Å². The minimum absolute atomic E-state index is 0.00604. The number of amidine groups is 1. The number of hydrogen-bond donors (Lipinski definition) is 3. The monoisotopic (exact) mass is 315 g/mol. The summed E-state index contributed by atoms with van der Waals surface area (Å²) in [4.78, 5) is 12.4. The third-order valence-corrected chi connectivity index (χ3v) is 4.23. The van der Waals surface area contributed by atoms with Gasteiger partial charge >= 0.3 is 0 Å². The molecule has 1 fully saturated rings. The lowest BCUT2D eigenvalue weighted by Crippen LogP contribution is -2.55. The highest BCUT2D eigenvalue weighted by Gasteiger charge is 2.40. The second-order valence-corrected chi connectivity index (χ2v) is 5.64. The molecule has 1 saturated carbocycles. The van der Waals surface area contributed by atoms with Crippen LogP contribution in [0.5, 0.6) is 0 Å². The van der Waals surface area contributed by atoms with Gasteiger partial charge in [-0.2, -0.15) is 0 Å². The Labute approximate surface area is 126 Å². The van der Waals surface area contributed by atoms with Gasteiger partial charge in [-0.25, -0.2) is 0 Å². The zero-order valence-corrected chi connectivity index (χ0v) is 12.2. The molecule has 2 rings (SSSR count). The van der Waals surface area contributed by atoms with Gasteiger partial charge < -0.3 is 16.3 Å². The molecule has 4 N–H and O–H groups in total. The van der Waals surface area contributed by atoms with E-state index in [0.717, 1.165) is 12.8 Å². The van der Waals surface area contributed by atoms with Crippen molar-refractivity contribution in [1.82, 2.24) is 5.32 Å². The summed E-state index contributed by atoms with van der Waals surface area (Å²) >= 11 is 12.0. The number of nitrogens with two attached hydrogens (primary N) is 1. The van der Waals surface area contributed by atoms with Gasteiger partial charge in [0.2, 0.25) is 0 Å². The molecule has 0 saturated heterocycles. The Bertz CT molecular complexity index is 534. The number of hydrogen-bond acceptors (Lipinski definition) is 3. The average Bonchev–Trinajstić information content (AvgIpc) is 2.87. The van der Waals surface area contributed by atoms with Crippen molar-refractivity contribution in [3.63, 3.8) is 0 Å². The fourth-order valence-electron chi connectivity index (χ4n) is 2.51. The van der Waals surface area contributed by atoms with E-state index < -0.39 is 11.4 Å². The normalized spacial score (nSPS) is 18.0. The third kappa shape index (κ3) is 2.69. The van der Waals surface area contributed by atoms with Crippen molar-refractivity contribution in [3.8, 4) is 0 Å². The van der Waals surface area contributed by atoms with Gasteiger partial charge in [-0.1, -0.05) is 47.3 Å². The van der Waals surface area contributed by atoms with Gasteiger partial charge in [0.15, 0.2) is 5.84 Å². The van der Waals surface area contributed by atoms with Crippen LogP contribution in [0, 0.1) is 0 Å². The predicted molar refractivity (Wildman–Crippen MR) is 78.5 cm³/mol. The molecule has 5 nitrogen and oxygen atoms in total. The first-order chi connectivity index (χ1) is 9.50. The van der Waals surface area contributed by atoms with E-state index in [1.165, 1.54) is 0 Å². The lowest BCUT2D eigenvalue weighted by molar-refractivity contribution is 0.0923. The van der Waals surface area contributed by atoms with E-state index in [0.29, 0.717) is 12.8 Å². The van der Waals surface area contributed by atoms with E-state index in [-0.39, 0.29) is 21.4 Å². The second-order valence-electron chi connectivity index (χ2n) is 4.83. The van der Waals surface area contributed by atoms with Gasteiger partial charge in [0, 0.05) is 0 Å². The summed E-state index contributed by atoms with van der Waals surface area (Å²) in [6.07, 6.45) is 3.03. The highest BCUT2D eigenvalue weighted by molar-refractivity contribution is 6.39. The molecule has 1 aliphatic rings. The largest absolute Gasteiger partial charge is 0.409 e. The third-order valence-electron chi connectivity index (χ3n) is 3.60. The molecule has 0 bridgehead atoms. The highest BCUT2D eigenvalue weighted by Crippen LogP contribution is 2.32. The van der Waals surface area contributed by atoms with Crippen LogP contribution in [0.4, 0.5) is 0 Å². The number of nitrogens with zero attached hydrogens (tertiary/aromatic N) is 1. The molecule has 0 aliphatic heterocycles. The van der Waals surface area contributed by atoms with Gasteiger partial charge in [-0.05, 0) is 25.0 Å². The van der Waals surface area contributed by atoms with Crippen LogP contribution >= 0.6 is 23.2 Å². The molecule has 108 valence electrons. The number of oxime groups is 1. The van der Waals surface area contributed by atoms with E-state index >= 15 is 0 Å². The minimum Gasteiger partial charge on any atom is -0.409 e. The van der Waals surface area contributed by atoms with Crippen LogP contribution < -0.4 is 11.1 Å². The zero-order chi connectivity index (χ0) is 14.8. The molecule has 1 aliphatic carbocycles. The van der Waals surface area contributed by atoms with Crippen molar-refractivity contribution in [2.75, 3.05) is 0 Å². The van der Waals surface area contributed by atoms with Crippen molar-refractivity contribution in [2.24, 2.45) is 10.9 Å². The molecule has 1 amide bonds. The van der Waals surface area contributed by atoms with Crippen LogP contribution in [-0.2, 0) is 0 Å². The number of benzene rings is 1. The fourth-order valence-corrected chi connectivity index (χ4v) is 3.08. The first kappa shape index (κ1) is 14.9. The maximum absolute atomic E-state index is 12.4. The van der Waals surface area contributed by atoms with Crippen LogP contribution in [-0.4, -0.2) is 22.5 Å². The Balaban J connectivity index is 2.30. The van der Waals surface area contributed by atoms with Crippen LogP contribution in [0.2, 0.25) is 10.0 Å². The van der Waals surface area contributed by atoms with Gasteiger partial charge in [0.1, 0.15) is 5.54 Å². The molecule has 0 aromatic heterocycles. The quantitative estimate of drug-likeness (QED) is 0.347. The molecular weight excluding hydrogens is 301 g/mol. The maximum atomic E-state index is 12.4. The van der Waals surface area contributed by atoms with Crippen LogP contribution in [0.15, 0.2) is 23.4 Å². The van der Waals surface area contributed by atoms with Crippen LogP contribution in [0.1, 0.15) is 36.0 Å². The van der Waals surface area contributed by atoms with Gasteiger partial charge in [0.25, 0.3) is 5.91 Å². The summed E-state index contributed by atoms with van der Waals surface area (Å²) < 4.78 is 0. The van der Waals surface area contributed by atoms with E-state index in [1.54, 1.807) is 18.2 Å². The summed E-state index contributed by atoms with van der Waals surface area (Å²) in [5.41, 5.74) is 5.11. The Morgan fingerprint density at radius 2 is 1.85 bits per heavy atom. The van der Waals surface area contributed by atoms with Crippen molar-refractivity contribution >= 4 is 34.9 Å².